The van der Waals surface area contributed by atoms with Gasteiger partial charge < -0.3 is 10.2 Å². The van der Waals surface area contributed by atoms with Crippen LogP contribution in [0.3, 0.4) is 0 Å². The van der Waals surface area contributed by atoms with E-state index in [0.717, 1.165) is 18.8 Å². The maximum atomic E-state index is 10.1. The summed E-state index contributed by atoms with van der Waals surface area (Å²) in [5.74, 6) is 1.41. The number of hydrogen-bond donors (Lipinski definition) is 2. The van der Waals surface area contributed by atoms with Gasteiger partial charge in [-0.1, -0.05) is 6.92 Å². The Hall–Kier alpha value is -0.0800. The van der Waals surface area contributed by atoms with Crippen LogP contribution in [0, 0.1) is 17.8 Å². The largest absolute Gasteiger partial charge is 0.396 e. The molecule has 0 spiro atoms. The highest BCUT2D eigenvalue weighted by Gasteiger charge is 2.61. The fourth-order valence-electron chi connectivity index (χ4n) is 2.78. The summed E-state index contributed by atoms with van der Waals surface area (Å²) in [6.07, 6.45) is 3.05. The number of hydrogen-bond acceptors (Lipinski definition) is 2. The Balaban J connectivity index is 2.14. The van der Waals surface area contributed by atoms with Crippen LogP contribution in [0.25, 0.3) is 0 Å². The summed E-state index contributed by atoms with van der Waals surface area (Å²) in [6.45, 7) is 2.18. The summed E-state index contributed by atoms with van der Waals surface area (Å²) in [4.78, 5) is 0. The minimum atomic E-state index is -0.514. The van der Waals surface area contributed by atoms with Crippen LogP contribution in [0.5, 0.6) is 0 Å². The summed E-state index contributed by atoms with van der Waals surface area (Å²) >= 11 is 0. The Morgan fingerprint density at radius 3 is 2.64 bits per heavy atom. The molecule has 0 aliphatic heterocycles. The number of aliphatic hydroxyl groups excluding tert-OH is 1. The van der Waals surface area contributed by atoms with Crippen LogP contribution in [0.1, 0.15) is 26.2 Å². The van der Waals surface area contributed by atoms with Crippen LogP contribution in [-0.2, 0) is 0 Å². The van der Waals surface area contributed by atoms with Crippen molar-refractivity contribution in [3.05, 3.63) is 0 Å². The molecular formula is C9H16O2. The second kappa shape index (κ2) is 2.20. The standard InChI is InChI=1S/C9H16O2/c1-2-9(11)7(5-10)3-6-4-8(6)9/h6-8,10-11H,2-5H2,1H3/t6?,7-,8?,9?/m0/s1. The molecule has 4 atom stereocenters. The monoisotopic (exact) mass is 156 g/mol. The number of rotatable bonds is 2. The third-order valence-corrected chi connectivity index (χ3v) is 3.65. The van der Waals surface area contributed by atoms with Crippen LogP contribution in [0.15, 0.2) is 0 Å². The molecule has 2 nitrogen and oxygen atoms in total. The first kappa shape index (κ1) is 7.56. The SMILES string of the molecule is CCC1(O)C2CC2C[C@H]1CO. The minimum Gasteiger partial charge on any atom is -0.396 e. The molecule has 0 amide bonds. The second-order valence-electron chi connectivity index (χ2n) is 4.06. The maximum Gasteiger partial charge on any atom is 0.0725 e. The van der Waals surface area contributed by atoms with E-state index in [1.54, 1.807) is 0 Å². The summed E-state index contributed by atoms with van der Waals surface area (Å²) < 4.78 is 0. The van der Waals surface area contributed by atoms with E-state index in [1.807, 2.05) is 6.92 Å². The Kier molecular flexibility index (Phi) is 1.52. The lowest BCUT2D eigenvalue weighted by Gasteiger charge is -2.30. The van der Waals surface area contributed by atoms with Crippen molar-refractivity contribution in [3.8, 4) is 0 Å². The Labute approximate surface area is 67.2 Å². The highest BCUT2D eigenvalue weighted by Crippen LogP contribution is 2.61. The molecular weight excluding hydrogens is 140 g/mol. The lowest BCUT2D eigenvalue weighted by Crippen LogP contribution is -2.38. The Morgan fingerprint density at radius 2 is 2.18 bits per heavy atom. The molecule has 0 aromatic heterocycles. The topological polar surface area (TPSA) is 40.5 Å². The molecule has 3 unspecified atom stereocenters. The number of aliphatic hydroxyl groups is 2. The van der Waals surface area contributed by atoms with Gasteiger partial charge in [0.25, 0.3) is 0 Å². The molecule has 11 heavy (non-hydrogen) atoms. The molecule has 0 radical (unpaired) electrons. The van der Waals surface area contributed by atoms with Crippen molar-refractivity contribution in [1.29, 1.82) is 0 Å². The molecule has 2 fully saturated rings. The van der Waals surface area contributed by atoms with E-state index in [4.69, 9.17) is 5.11 Å². The molecule has 0 bridgehead atoms. The average molecular weight is 156 g/mol. The predicted molar refractivity (Wildman–Crippen MR) is 42.0 cm³/mol. The van der Waals surface area contributed by atoms with Gasteiger partial charge in [-0.3, -0.25) is 0 Å². The third kappa shape index (κ3) is 0.859. The Morgan fingerprint density at radius 1 is 1.45 bits per heavy atom. The molecule has 2 heteroatoms. The summed E-state index contributed by atoms with van der Waals surface area (Å²) in [7, 11) is 0. The van der Waals surface area contributed by atoms with E-state index >= 15 is 0 Å². The molecule has 2 saturated carbocycles. The molecule has 2 aliphatic rings. The fraction of sp³-hybridized carbons (Fsp3) is 1.00. The quantitative estimate of drug-likeness (QED) is 0.620. The zero-order valence-corrected chi connectivity index (χ0v) is 6.95. The molecule has 2 N–H and O–H groups in total. The lowest BCUT2D eigenvalue weighted by molar-refractivity contribution is -0.0425. The Bertz CT molecular complexity index is 169. The first-order valence-corrected chi connectivity index (χ1v) is 4.55. The first-order valence-electron chi connectivity index (χ1n) is 4.55. The predicted octanol–water partition coefficient (Wildman–Crippen LogP) is 0.776. The molecule has 0 saturated heterocycles. The van der Waals surface area contributed by atoms with Crippen molar-refractivity contribution in [2.45, 2.75) is 31.8 Å². The molecule has 64 valence electrons. The lowest BCUT2D eigenvalue weighted by atomic mass is 9.84. The molecule has 0 aromatic carbocycles. The van der Waals surface area contributed by atoms with Gasteiger partial charge in [0.15, 0.2) is 0 Å². The molecule has 0 aromatic rings. The van der Waals surface area contributed by atoms with Crippen molar-refractivity contribution in [3.63, 3.8) is 0 Å². The van der Waals surface area contributed by atoms with E-state index in [9.17, 15) is 5.11 Å². The number of fused-ring (bicyclic) bond motifs is 1. The molecule has 0 heterocycles. The molecule has 2 rings (SSSR count). The van der Waals surface area contributed by atoms with E-state index in [1.165, 1.54) is 6.42 Å². The van der Waals surface area contributed by atoms with Gasteiger partial charge in [-0.15, -0.1) is 0 Å². The second-order valence-corrected chi connectivity index (χ2v) is 4.06. The highest BCUT2D eigenvalue weighted by molar-refractivity contribution is 5.10. The van der Waals surface area contributed by atoms with Crippen LogP contribution in [0.4, 0.5) is 0 Å². The van der Waals surface area contributed by atoms with E-state index < -0.39 is 5.60 Å². The average Bonchev–Trinajstić information content (AvgIpc) is 2.74. The van der Waals surface area contributed by atoms with Gasteiger partial charge in [-0.05, 0) is 31.1 Å². The summed E-state index contributed by atoms with van der Waals surface area (Å²) in [6, 6.07) is 0. The van der Waals surface area contributed by atoms with Gasteiger partial charge in [0.05, 0.1) is 5.60 Å². The fourth-order valence-corrected chi connectivity index (χ4v) is 2.78. The van der Waals surface area contributed by atoms with Crippen LogP contribution >= 0.6 is 0 Å². The van der Waals surface area contributed by atoms with Crippen molar-refractivity contribution in [2.75, 3.05) is 6.61 Å². The van der Waals surface area contributed by atoms with Gasteiger partial charge >= 0.3 is 0 Å². The third-order valence-electron chi connectivity index (χ3n) is 3.65. The van der Waals surface area contributed by atoms with Gasteiger partial charge in [0.1, 0.15) is 0 Å². The minimum absolute atomic E-state index is 0.163. The zero-order chi connectivity index (χ0) is 8.06. The zero-order valence-electron chi connectivity index (χ0n) is 6.95. The van der Waals surface area contributed by atoms with Crippen molar-refractivity contribution in [1.82, 2.24) is 0 Å². The summed E-state index contributed by atoms with van der Waals surface area (Å²) in [5.41, 5.74) is -0.514. The van der Waals surface area contributed by atoms with Gasteiger partial charge in [-0.2, -0.15) is 0 Å². The van der Waals surface area contributed by atoms with E-state index in [0.29, 0.717) is 5.92 Å². The van der Waals surface area contributed by atoms with Crippen LogP contribution < -0.4 is 0 Å². The van der Waals surface area contributed by atoms with Crippen molar-refractivity contribution < 1.29 is 10.2 Å². The van der Waals surface area contributed by atoms with Gasteiger partial charge in [0.2, 0.25) is 0 Å². The normalized spacial score (nSPS) is 54.3. The smallest absolute Gasteiger partial charge is 0.0725 e. The van der Waals surface area contributed by atoms with Crippen LogP contribution in [0.2, 0.25) is 0 Å². The highest BCUT2D eigenvalue weighted by atomic mass is 16.3. The van der Waals surface area contributed by atoms with Gasteiger partial charge in [-0.25, -0.2) is 0 Å². The van der Waals surface area contributed by atoms with E-state index in [-0.39, 0.29) is 12.5 Å². The van der Waals surface area contributed by atoms with Crippen molar-refractivity contribution >= 4 is 0 Å². The maximum absolute atomic E-state index is 10.1. The van der Waals surface area contributed by atoms with Gasteiger partial charge in [0, 0.05) is 12.5 Å². The molecule has 2 aliphatic carbocycles. The van der Waals surface area contributed by atoms with Crippen LogP contribution in [-0.4, -0.2) is 22.4 Å². The van der Waals surface area contributed by atoms with E-state index in [2.05, 4.69) is 0 Å². The first-order chi connectivity index (χ1) is 5.22. The van der Waals surface area contributed by atoms with Crippen molar-refractivity contribution in [2.24, 2.45) is 17.8 Å². The summed E-state index contributed by atoms with van der Waals surface area (Å²) in [5, 5.41) is 19.1.